The molecule has 1 N–H and O–H groups in total. The third kappa shape index (κ3) is 2.72. The zero-order chi connectivity index (χ0) is 13.9. The zero-order valence-electron chi connectivity index (χ0n) is 12.1. The molecule has 2 fully saturated rings. The molecular weight excluding hydrogens is 250 g/mol. The number of likely N-dealkylation sites (tertiary alicyclic amines) is 1. The molecule has 0 spiro atoms. The summed E-state index contributed by atoms with van der Waals surface area (Å²) < 4.78 is 0. The van der Waals surface area contributed by atoms with E-state index in [4.69, 9.17) is 0 Å². The van der Waals surface area contributed by atoms with E-state index in [2.05, 4.69) is 10.2 Å². The Morgan fingerprint density at radius 2 is 2.15 bits per heavy atom. The van der Waals surface area contributed by atoms with Gasteiger partial charge in [0, 0.05) is 25.3 Å². The highest BCUT2D eigenvalue weighted by atomic mass is 16.2. The summed E-state index contributed by atoms with van der Waals surface area (Å²) in [5.41, 5.74) is 0.968. The topological polar surface area (TPSA) is 35.6 Å². The summed E-state index contributed by atoms with van der Waals surface area (Å²) in [7, 11) is 1.87. The lowest BCUT2D eigenvalue weighted by atomic mass is 9.92. The van der Waals surface area contributed by atoms with Crippen molar-refractivity contribution in [1.82, 2.24) is 10.2 Å². The zero-order valence-corrected chi connectivity index (χ0v) is 12.1. The van der Waals surface area contributed by atoms with Crippen molar-refractivity contribution in [2.75, 3.05) is 38.1 Å². The fourth-order valence-electron chi connectivity index (χ4n) is 3.44. The third-order valence-electron chi connectivity index (χ3n) is 4.65. The van der Waals surface area contributed by atoms with Crippen molar-refractivity contribution in [2.24, 2.45) is 5.92 Å². The highest BCUT2D eigenvalue weighted by Gasteiger charge is 2.35. The molecule has 108 valence electrons. The number of hydrogen-bond donors (Lipinski definition) is 1. The summed E-state index contributed by atoms with van der Waals surface area (Å²) in [5.74, 6) is 0.919. The van der Waals surface area contributed by atoms with Gasteiger partial charge in [-0.1, -0.05) is 18.2 Å². The van der Waals surface area contributed by atoms with Crippen molar-refractivity contribution in [1.29, 1.82) is 0 Å². The van der Waals surface area contributed by atoms with Crippen molar-refractivity contribution >= 4 is 11.6 Å². The predicted octanol–water partition coefficient (Wildman–Crippen LogP) is 1.33. The molecule has 2 saturated heterocycles. The first-order valence-electron chi connectivity index (χ1n) is 7.52. The molecule has 2 aliphatic rings. The summed E-state index contributed by atoms with van der Waals surface area (Å²) >= 11 is 0. The van der Waals surface area contributed by atoms with Gasteiger partial charge in [0.2, 0.25) is 5.91 Å². The summed E-state index contributed by atoms with van der Waals surface area (Å²) in [6.45, 7) is 3.74. The van der Waals surface area contributed by atoms with Crippen molar-refractivity contribution in [3.63, 3.8) is 0 Å². The largest absolute Gasteiger partial charge is 0.315 e. The highest BCUT2D eigenvalue weighted by Crippen LogP contribution is 2.26. The second-order valence-electron chi connectivity index (χ2n) is 5.89. The predicted molar refractivity (Wildman–Crippen MR) is 80.8 cm³/mol. The van der Waals surface area contributed by atoms with Gasteiger partial charge >= 0.3 is 0 Å². The lowest BCUT2D eigenvalue weighted by molar-refractivity contribution is -0.120. The standard InChI is InChI=1S/C16H23N3O/c1-18(14-7-3-2-4-8-14)16(20)12-19-9-5-6-13-10-17-11-15(13)19/h2-4,7-8,13,15,17H,5-6,9-12H2,1H3. The number of amides is 1. The molecule has 4 nitrogen and oxygen atoms in total. The van der Waals surface area contributed by atoms with E-state index in [1.807, 2.05) is 37.4 Å². The Kier molecular flexibility index (Phi) is 4.03. The molecule has 4 heteroatoms. The Morgan fingerprint density at radius 1 is 1.35 bits per heavy atom. The molecule has 0 saturated carbocycles. The molecule has 0 radical (unpaired) electrons. The summed E-state index contributed by atoms with van der Waals surface area (Å²) in [6.07, 6.45) is 2.52. The van der Waals surface area contributed by atoms with Crippen LogP contribution in [0.25, 0.3) is 0 Å². The van der Waals surface area contributed by atoms with Crippen LogP contribution in [-0.4, -0.2) is 50.1 Å². The lowest BCUT2D eigenvalue weighted by Gasteiger charge is -2.37. The lowest BCUT2D eigenvalue weighted by Crippen LogP contribution is -2.49. The van der Waals surface area contributed by atoms with E-state index in [1.165, 1.54) is 12.8 Å². The quantitative estimate of drug-likeness (QED) is 0.902. The van der Waals surface area contributed by atoms with Crippen LogP contribution in [0.4, 0.5) is 5.69 Å². The molecule has 2 unspecified atom stereocenters. The van der Waals surface area contributed by atoms with Crippen LogP contribution >= 0.6 is 0 Å². The third-order valence-corrected chi connectivity index (χ3v) is 4.65. The smallest absolute Gasteiger partial charge is 0.240 e. The fourth-order valence-corrected chi connectivity index (χ4v) is 3.44. The van der Waals surface area contributed by atoms with Crippen LogP contribution in [-0.2, 0) is 4.79 Å². The molecule has 0 bridgehead atoms. The van der Waals surface area contributed by atoms with E-state index in [0.717, 1.165) is 31.2 Å². The molecule has 20 heavy (non-hydrogen) atoms. The number of rotatable bonds is 3. The number of anilines is 1. The highest BCUT2D eigenvalue weighted by molar-refractivity contribution is 5.94. The summed E-state index contributed by atoms with van der Waals surface area (Å²) in [6, 6.07) is 10.4. The van der Waals surface area contributed by atoms with Crippen LogP contribution in [0.5, 0.6) is 0 Å². The Balaban J connectivity index is 1.63. The number of piperidine rings is 1. The second-order valence-corrected chi connectivity index (χ2v) is 5.89. The van der Waals surface area contributed by atoms with E-state index in [9.17, 15) is 4.79 Å². The van der Waals surface area contributed by atoms with Crippen molar-refractivity contribution < 1.29 is 4.79 Å². The van der Waals surface area contributed by atoms with Gasteiger partial charge in [0.25, 0.3) is 0 Å². The van der Waals surface area contributed by atoms with Gasteiger partial charge in [-0.25, -0.2) is 0 Å². The van der Waals surface area contributed by atoms with Crippen LogP contribution in [0.1, 0.15) is 12.8 Å². The fraction of sp³-hybridized carbons (Fsp3) is 0.562. The average Bonchev–Trinajstić information content (AvgIpc) is 2.97. The Bertz CT molecular complexity index is 462. The maximum absolute atomic E-state index is 12.5. The van der Waals surface area contributed by atoms with Gasteiger partial charge in [0.1, 0.15) is 0 Å². The van der Waals surface area contributed by atoms with Crippen LogP contribution in [0.15, 0.2) is 30.3 Å². The molecular formula is C16H23N3O. The number of nitrogens with one attached hydrogen (secondary N) is 1. The van der Waals surface area contributed by atoms with Crippen LogP contribution in [0.2, 0.25) is 0 Å². The van der Waals surface area contributed by atoms with E-state index in [-0.39, 0.29) is 5.91 Å². The number of carbonyl (C=O) groups excluding carboxylic acids is 1. The molecule has 3 rings (SSSR count). The molecule has 1 aromatic rings. The van der Waals surface area contributed by atoms with E-state index in [0.29, 0.717) is 12.6 Å². The van der Waals surface area contributed by atoms with Gasteiger partial charge in [0.05, 0.1) is 6.54 Å². The number of carbonyl (C=O) groups is 1. The molecule has 1 aromatic carbocycles. The van der Waals surface area contributed by atoms with Gasteiger partial charge in [-0.3, -0.25) is 9.69 Å². The summed E-state index contributed by atoms with van der Waals surface area (Å²) in [5, 5.41) is 3.46. The minimum absolute atomic E-state index is 0.184. The van der Waals surface area contributed by atoms with Gasteiger partial charge < -0.3 is 10.2 Å². The molecule has 2 aliphatic heterocycles. The first kappa shape index (κ1) is 13.6. The van der Waals surface area contributed by atoms with Gasteiger partial charge in [-0.2, -0.15) is 0 Å². The number of benzene rings is 1. The Morgan fingerprint density at radius 3 is 2.95 bits per heavy atom. The first-order chi connectivity index (χ1) is 9.75. The number of para-hydroxylation sites is 1. The number of fused-ring (bicyclic) bond motifs is 1. The Hall–Kier alpha value is -1.39. The average molecular weight is 273 g/mol. The first-order valence-corrected chi connectivity index (χ1v) is 7.52. The molecule has 2 heterocycles. The molecule has 0 aromatic heterocycles. The van der Waals surface area contributed by atoms with Gasteiger partial charge in [-0.15, -0.1) is 0 Å². The van der Waals surface area contributed by atoms with Crippen molar-refractivity contribution in [3.05, 3.63) is 30.3 Å². The summed E-state index contributed by atoms with van der Waals surface area (Å²) in [4.78, 5) is 16.6. The van der Waals surface area contributed by atoms with Crippen molar-refractivity contribution in [2.45, 2.75) is 18.9 Å². The molecule has 1 amide bonds. The monoisotopic (exact) mass is 273 g/mol. The molecule has 0 aliphatic carbocycles. The SMILES string of the molecule is CN(C(=O)CN1CCCC2CNCC21)c1ccccc1. The van der Waals surface area contributed by atoms with Crippen LogP contribution < -0.4 is 10.2 Å². The normalized spacial score (nSPS) is 26.2. The maximum Gasteiger partial charge on any atom is 0.240 e. The van der Waals surface area contributed by atoms with E-state index in [1.54, 1.807) is 4.90 Å². The van der Waals surface area contributed by atoms with Crippen LogP contribution in [0, 0.1) is 5.92 Å². The minimum atomic E-state index is 0.184. The number of nitrogens with zero attached hydrogens (tertiary/aromatic N) is 2. The van der Waals surface area contributed by atoms with E-state index >= 15 is 0 Å². The number of likely N-dealkylation sites (N-methyl/N-ethyl adjacent to an activating group) is 1. The number of hydrogen-bond acceptors (Lipinski definition) is 3. The molecule has 2 atom stereocenters. The van der Waals surface area contributed by atoms with Gasteiger partial charge in [0.15, 0.2) is 0 Å². The Labute approximate surface area is 120 Å². The van der Waals surface area contributed by atoms with E-state index < -0.39 is 0 Å². The minimum Gasteiger partial charge on any atom is -0.315 e. The van der Waals surface area contributed by atoms with Crippen molar-refractivity contribution in [3.8, 4) is 0 Å². The van der Waals surface area contributed by atoms with Crippen LogP contribution in [0.3, 0.4) is 0 Å². The maximum atomic E-state index is 12.5. The second kappa shape index (κ2) is 5.94. The van der Waals surface area contributed by atoms with Gasteiger partial charge in [-0.05, 0) is 44.0 Å².